The van der Waals surface area contributed by atoms with Crippen LogP contribution in [0.1, 0.15) is 26.3 Å². The molecule has 2 aromatic rings. The lowest BCUT2D eigenvalue weighted by molar-refractivity contribution is -0.384. The molecule has 1 saturated heterocycles. The standard InChI is InChI=1S/C20H29N7O2.HI/c1-3-22-20(24-10-9-23-17-4-6-18(7-5-17)27(28)29)25-12-8-16(2)19(14-25)26-13-11-21-15-26;/h4-7,11,13,15-16,19,23H,3,8-10,12,14H2,1-2H3,(H,22,24);1H. The number of piperidine rings is 1. The summed E-state index contributed by atoms with van der Waals surface area (Å²) in [6, 6.07) is 6.82. The highest BCUT2D eigenvalue weighted by atomic mass is 127. The summed E-state index contributed by atoms with van der Waals surface area (Å²) < 4.78 is 2.19. The summed E-state index contributed by atoms with van der Waals surface area (Å²) in [6.45, 7) is 8.33. The fraction of sp³-hybridized carbons (Fsp3) is 0.500. The number of nitrogens with zero attached hydrogens (tertiary/aromatic N) is 5. The highest BCUT2D eigenvalue weighted by molar-refractivity contribution is 14.0. The van der Waals surface area contributed by atoms with E-state index < -0.39 is 4.92 Å². The van der Waals surface area contributed by atoms with Crippen LogP contribution in [-0.4, -0.2) is 58.1 Å². The number of nitro groups is 1. The molecule has 2 atom stereocenters. The van der Waals surface area contributed by atoms with Gasteiger partial charge in [-0.3, -0.25) is 15.1 Å². The van der Waals surface area contributed by atoms with Crippen LogP contribution in [0.3, 0.4) is 0 Å². The molecule has 2 unspecified atom stereocenters. The number of nitro benzene ring substituents is 1. The third kappa shape index (κ3) is 6.31. The van der Waals surface area contributed by atoms with Gasteiger partial charge in [0.05, 0.1) is 23.8 Å². The maximum Gasteiger partial charge on any atom is 0.269 e. The van der Waals surface area contributed by atoms with Crippen LogP contribution in [-0.2, 0) is 0 Å². The van der Waals surface area contributed by atoms with E-state index in [9.17, 15) is 10.1 Å². The maximum absolute atomic E-state index is 10.7. The smallest absolute Gasteiger partial charge is 0.269 e. The van der Waals surface area contributed by atoms with Crippen LogP contribution in [0.4, 0.5) is 11.4 Å². The van der Waals surface area contributed by atoms with E-state index in [-0.39, 0.29) is 29.7 Å². The lowest BCUT2D eigenvalue weighted by Gasteiger charge is -2.39. The molecular formula is C20H30IN7O2. The number of likely N-dealkylation sites (tertiary alicyclic amines) is 1. The van der Waals surface area contributed by atoms with Crippen molar-refractivity contribution in [3.63, 3.8) is 0 Å². The Labute approximate surface area is 194 Å². The molecule has 1 fully saturated rings. The van der Waals surface area contributed by atoms with Gasteiger partial charge in [0.15, 0.2) is 5.96 Å². The van der Waals surface area contributed by atoms with Crippen molar-refractivity contribution >= 4 is 41.3 Å². The van der Waals surface area contributed by atoms with Gasteiger partial charge in [0.2, 0.25) is 0 Å². The number of non-ortho nitro benzene ring substituents is 1. The summed E-state index contributed by atoms with van der Waals surface area (Å²) >= 11 is 0. The normalized spacial score (nSPS) is 19.1. The molecule has 1 aliphatic rings. The number of guanidine groups is 1. The Kier molecular flexibility index (Phi) is 9.34. The number of hydrogen-bond acceptors (Lipinski definition) is 5. The van der Waals surface area contributed by atoms with E-state index in [1.165, 1.54) is 12.1 Å². The van der Waals surface area contributed by atoms with Crippen molar-refractivity contribution in [2.24, 2.45) is 10.9 Å². The van der Waals surface area contributed by atoms with Gasteiger partial charge in [-0.15, -0.1) is 24.0 Å². The molecule has 0 radical (unpaired) electrons. The third-order valence-corrected chi connectivity index (χ3v) is 5.24. The number of aromatic nitrogens is 2. The second-order valence-corrected chi connectivity index (χ2v) is 7.26. The summed E-state index contributed by atoms with van der Waals surface area (Å²) in [5, 5.41) is 17.4. The number of benzene rings is 1. The van der Waals surface area contributed by atoms with E-state index in [1.807, 2.05) is 18.7 Å². The van der Waals surface area contributed by atoms with E-state index >= 15 is 0 Å². The van der Waals surface area contributed by atoms with Crippen LogP contribution >= 0.6 is 24.0 Å². The highest BCUT2D eigenvalue weighted by Crippen LogP contribution is 2.27. The molecule has 0 bridgehead atoms. The van der Waals surface area contributed by atoms with E-state index in [1.54, 1.807) is 12.1 Å². The van der Waals surface area contributed by atoms with Gasteiger partial charge >= 0.3 is 0 Å². The summed E-state index contributed by atoms with van der Waals surface area (Å²) in [5.74, 6) is 1.52. The molecule has 3 rings (SSSR count). The minimum absolute atomic E-state index is 0. The predicted octanol–water partition coefficient (Wildman–Crippen LogP) is 3.37. The van der Waals surface area contributed by atoms with Crippen molar-refractivity contribution < 1.29 is 4.92 Å². The van der Waals surface area contributed by atoms with Crippen LogP contribution in [0.15, 0.2) is 48.0 Å². The zero-order chi connectivity index (χ0) is 20.6. The largest absolute Gasteiger partial charge is 0.383 e. The van der Waals surface area contributed by atoms with Crippen molar-refractivity contribution in [3.05, 3.63) is 53.1 Å². The van der Waals surface area contributed by atoms with Crippen LogP contribution in [0, 0.1) is 16.0 Å². The van der Waals surface area contributed by atoms with Crippen LogP contribution < -0.4 is 10.6 Å². The van der Waals surface area contributed by atoms with Crippen LogP contribution in [0.25, 0.3) is 0 Å². The molecule has 0 saturated carbocycles. The van der Waals surface area contributed by atoms with Gasteiger partial charge in [-0.05, 0) is 31.4 Å². The minimum Gasteiger partial charge on any atom is -0.383 e. The van der Waals surface area contributed by atoms with E-state index in [2.05, 4.69) is 38.9 Å². The summed E-state index contributed by atoms with van der Waals surface area (Å²) in [4.78, 5) is 21.6. The van der Waals surface area contributed by atoms with Gasteiger partial charge in [-0.25, -0.2) is 4.98 Å². The van der Waals surface area contributed by atoms with Crippen molar-refractivity contribution in [1.82, 2.24) is 19.8 Å². The van der Waals surface area contributed by atoms with Crippen molar-refractivity contribution in [1.29, 1.82) is 0 Å². The molecule has 9 nitrogen and oxygen atoms in total. The topological polar surface area (TPSA) is 101 Å². The zero-order valence-corrected chi connectivity index (χ0v) is 19.7. The fourth-order valence-corrected chi connectivity index (χ4v) is 3.58. The fourth-order valence-electron chi connectivity index (χ4n) is 3.58. The number of imidazole rings is 1. The summed E-state index contributed by atoms with van der Waals surface area (Å²) in [5.41, 5.74) is 0.942. The molecule has 2 heterocycles. The van der Waals surface area contributed by atoms with Gasteiger partial charge < -0.3 is 20.1 Å². The number of halogens is 1. The molecule has 1 aliphatic heterocycles. The first-order valence-electron chi connectivity index (χ1n) is 10.1. The second-order valence-electron chi connectivity index (χ2n) is 7.26. The molecule has 164 valence electrons. The van der Waals surface area contributed by atoms with E-state index in [4.69, 9.17) is 4.99 Å². The van der Waals surface area contributed by atoms with Gasteiger partial charge in [-0.2, -0.15) is 0 Å². The van der Waals surface area contributed by atoms with Crippen LogP contribution in [0.5, 0.6) is 0 Å². The van der Waals surface area contributed by atoms with E-state index in [0.29, 0.717) is 25.0 Å². The molecular weight excluding hydrogens is 497 g/mol. The zero-order valence-electron chi connectivity index (χ0n) is 17.4. The molecule has 30 heavy (non-hydrogen) atoms. The Morgan fingerprint density at radius 3 is 2.77 bits per heavy atom. The van der Waals surface area contributed by atoms with Crippen LogP contribution in [0.2, 0.25) is 0 Å². The second kappa shape index (κ2) is 11.7. The maximum atomic E-state index is 10.7. The highest BCUT2D eigenvalue weighted by Gasteiger charge is 2.28. The molecule has 0 spiro atoms. The molecule has 10 heteroatoms. The van der Waals surface area contributed by atoms with E-state index in [0.717, 1.165) is 37.7 Å². The Morgan fingerprint density at radius 2 is 2.13 bits per heavy atom. The predicted molar refractivity (Wildman–Crippen MR) is 130 cm³/mol. The molecule has 0 aliphatic carbocycles. The first kappa shape index (κ1) is 23.9. The number of anilines is 1. The Hall–Kier alpha value is -2.37. The molecule has 1 aromatic heterocycles. The van der Waals surface area contributed by atoms with Gasteiger partial charge in [0.1, 0.15) is 0 Å². The number of rotatable bonds is 7. The lowest BCUT2D eigenvalue weighted by atomic mass is 9.93. The van der Waals surface area contributed by atoms with Gasteiger partial charge in [0, 0.05) is 56.4 Å². The lowest BCUT2D eigenvalue weighted by Crippen LogP contribution is -2.49. The quantitative estimate of drug-likeness (QED) is 0.143. The average molecular weight is 527 g/mol. The average Bonchev–Trinajstić information content (AvgIpc) is 3.26. The monoisotopic (exact) mass is 527 g/mol. The molecule has 1 aromatic carbocycles. The number of nitrogens with one attached hydrogen (secondary N) is 2. The van der Waals surface area contributed by atoms with Crippen molar-refractivity contribution in [2.75, 3.05) is 38.0 Å². The van der Waals surface area contributed by atoms with Crippen molar-refractivity contribution in [2.45, 2.75) is 26.3 Å². The Bertz CT molecular complexity index is 811. The molecule has 0 amide bonds. The summed E-state index contributed by atoms with van der Waals surface area (Å²) in [6.07, 6.45) is 6.86. The van der Waals surface area contributed by atoms with Crippen molar-refractivity contribution in [3.8, 4) is 0 Å². The molecule has 2 N–H and O–H groups in total. The van der Waals surface area contributed by atoms with Gasteiger partial charge in [-0.1, -0.05) is 6.92 Å². The summed E-state index contributed by atoms with van der Waals surface area (Å²) in [7, 11) is 0. The Balaban J connectivity index is 0.00000320. The number of hydrogen-bond donors (Lipinski definition) is 2. The van der Waals surface area contributed by atoms with Gasteiger partial charge in [0.25, 0.3) is 5.69 Å². The first-order chi connectivity index (χ1) is 14.1. The third-order valence-electron chi connectivity index (χ3n) is 5.24. The first-order valence-corrected chi connectivity index (χ1v) is 10.1. The Morgan fingerprint density at radius 1 is 1.37 bits per heavy atom. The number of aliphatic imine (C=N–C) groups is 1. The minimum atomic E-state index is -0.396. The SMILES string of the molecule is CCNC(=NCCNc1ccc([N+](=O)[O-])cc1)N1CCC(C)C(n2ccnc2)C1.I.